The maximum Gasteiger partial charge on any atom is 0.285 e. The van der Waals surface area contributed by atoms with E-state index in [4.69, 9.17) is 5.26 Å². The predicted octanol–water partition coefficient (Wildman–Crippen LogP) is 2.55. The standard InChI is InChI=1S/C21H20N4O3S/c22-12-9-15-5-7-17(8-6-15)23-21(26)16-10-13-25(14-11-16)20-18-3-1-2-4-19(18)29(27,28)24-20/h1-8,16H,9-11,13-14H2,(H,23,26). The highest BCUT2D eigenvalue weighted by molar-refractivity contribution is 7.90. The lowest BCUT2D eigenvalue weighted by molar-refractivity contribution is -0.120. The number of nitriles is 1. The number of hydrogen-bond donors (Lipinski definition) is 1. The van der Waals surface area contributed by atoms with Gasteiger partial charge in [-0.25, -0.2) is 0 Å². The monoisotopic (exact) mass is 408 g/mol. The summed E-state index contributed by atoms with van der Waals surface area (Å²) in [7, 11) is -3.64. The summed E-state index contributed by atoms with van der Waals surface area (Å²) >= 11 is 0. The molecule has 0 unspecified atom stereocenters. The van der Waals surface area contributed by atoms with E-state index < -0.39 is 10.0 Å². The Morgan fingerprint density at radius 3 is 2.52 bits per heavy atom. The summed E-state index contributed by atoms with van der Waals surface area (Å²) in [4.78, 5) is 14.8. The van der Waals surface area contributed by atoms with Gasteiger partial charge in [-0.05, 0) is 42.7 Å². The van der Waals surface area contributed by atoms with Gasteiger partial charge < -0.3 is 10.2 Å². The van der Waals surface area contributed by atoms with Gasteiger partial charge >= 0.3 is 0 Å². The second-order valence-corrected chi connectivity index (χ2v) is 8.74. The first-order chi connectivity index (χ1) is 14.0. The summed E-state index contributed by atoms with van der Waals surface area (Å²) in [6.45, 7) is 1.14. The average molecular weight is 408 g/mol. The van der Waals surface area contributed by atoms with Crippen LogP contribution in [-0.4, -0.2) is 38.2 Å². The third-order valence-corrected chi connectivity index (χ3v) is 6.61. The number of amidine groups is 1. The van der Waals surface area contributed by atoms with Crippen LogP contribution in [0.15, 0.2) is 57.8 Å². The van der Waals surface area contributed by atoms with E-state index in [2.05, 4.69) is 15.8 Å². The number of benzene rings is 2. The van der Waals surface area contributed by atoms with Crippen molar-refractivity contribution in [1.82, 2.24) is 4.90 Å². The second-order valence-electron chi connectivity index (χ2n) is 7.17. The molecule has 8 heteroatoms. The van der Waals surface area contributed by atoms with Crippen LogP contribution in [0.2, 0.25) is 0 Å². The molecular weight excluding hydrogens is 388 g/mol. The molecule has 2 aliphatic heterocycles. The number of likely N-dealkylation sites (tertiary alicyclic amines) is 1. The summed E-state index contributed by atoms with van der Waals surface area (Å²) in [5.41, 5.74) is 2.25. The molecule has 148 valence electrons. The second kappa shape index (κ2) is 7.68. The van der Waals surface area contributed by atoms with Gasteiger partial charge in [0, 0.05) is 30.3 Å². The van der Waals surface area contributed by atoms with Crippen LogP contribution in [-0.2, 0) is 21.2 Å². The lowest BCUT2D eigenvalue weighted by Gasteiger charge is -2.32. The van der Waals surface area contributed by atoms with Gasteiger partial charge in [0.15, 0.2) is 5.84 Å². The van der Waals surface area contributed by atoms with Crippen molar-refractivity contribution in [2.75, 3.05) is 18.4 Å². The lowest BCUT2D eigenvalue weighted by atomic mass is 9.95. The Kier molecular flexibility index (Phi) is 5.07. The number of carbonyl (C=O) groups excluding carboxylic acids is 1. The first-order valence-electron chi connectivity index (χ1n) is 9.44. The van der Waals surface area contributed by atoms with E-state index in [0.29, 0.717) is 49.4 Å². The van der Waals surface area contributed by atoms with Crippen LogP contribution in [0.1, 0.15) is 24.0 Å². The van der Waals surface area contributed by atoms with Gasteiger partial charge in [0.25, 0.3) is 10.0 Å². The SMILES string of the molecule is N#CCc1ccc(NC(=O)C2CCN(C3=NS(=O)(=O)c4ccccc43)CC2)cc1. The minimum Gasteiger partial charge on any atom is -0.355 e. The Balaban J connectivity index is 1.39. The molecule has 29 heavy (non-hydrogen) atoms. The number of piperidine rings is 1. The van der Waals surface area contributed by atoms with Gasteiger partial charge in [-0.15, -0.1) is 4.40 Å². The highest BCUT2D eigenvalue weighted by atomic mass is 32.2. The lowest BCUT2D eigenvalue weighted by Crippen LogP contribution is -2.41. The number of sulfonamides is 1. The van der Waals surface area contributed by atoms with Crippen molar-refractivity contribution in [1.29, 1.82) is 5.26 Å². The van der Waals surface area contributed by atoms with Crippen molar-refractivity contribution in [2.45, 2.75) is 24.2 Å². The van der Waals surface area contributed by atoms with Crippen LogP contribution >= 0.6 is 0 Å². The number of fused-ring (bicyclic) bond motifs is 1. The maximum absolute atomic E-state index is 12.6. The van der Waals surface area contributed by atoms with Crippen molar-refractivity contribution in [3.8, 4) is 6.07 Å². The van der Waals surface area contributed by atoms with Gasteiger partial charge in [0.05, 0.1) is 12.5 Å². The number of hydrogen-bond acceptors (Lipinski definition) is 5. The number of nitrogens with zero attached hydrogens (tertiary/aromatic N) is 3. The van der Waals surface area contributed by atoms with E-state index >= 15 is 0 Å². The van der Waals surface area contributed by atoms with Crippen LogP contribution < -0.4 is 5.32 Å². The van der Waals surface area contributed by atoms with Gasteiger partial charge in [-0.1, -0.05) is 24.3 Å². The van der Waals surface area contributed by atoms with E-state index in [1.165, 1.54) is 0 Å². The number of carbonyl (C=O) groups is 1. The number of anilines is 1. The van der Waals surface area contributed by atoms with E-state index in [-0.39, 0.29) is 16.7 Å². The normalized spacial score (nSPS) is 17.9. The molecule has 4 rings (SSSR count). The quantitative estimate of drug-likeness (QED) is 0.841. The fourth-order valence-electron chi connectivity index (χ4n) is 3.71. The Bertz CT molecular complexity index is 1110. The fourth-order valence-corrected chi connectivity index (χ4v) is 4.94. The zero-order valence-electron chi connectivity index (χ0n) is 15.7. The third-order valence-electron chi connectivity index (χ3n) is 5.28. The summed E-state index contributed by atoms with van der Waals surface area (Å²) in [5, 5.41) is 11.6. The van der Waals surface area contributed by atoms with Crippen molar-refractivity contribution >= 4 is 27.5 Å². The molecule has 1 amide bonds. The summed E-state index contributed by atoms with van der Waals surface area (Å²) in [6, 6.07) is 16.2. The Hall–Kier alpha value is -3.18. The van der Waals surface area contributed by atoms with E-state index in [0.717, 1.165) is 5.56 Å². The first-order valence-corrected chi connectivity index (χ1v) is 10.9. The molecule has 2 aromatic carbocycles. The zero-order chi connectivity index (χ0) is 20.4. The van der Waals surface area contributed by atoms with Crippen molar-refractivity contribution in [3.63, 3.8) is 0 Å². The highest BCUT2D eigenvalue weighted by Crippen LogP contribution is 2.30. The molecule has 0 aromatic heterocycles. The van der Waals surface area contributed by atoms with E-state index in [1.807, 2.05) is 17.0 Å². The first kappa shape index (κ1) is 19.2. The largest absolute Gasteiger partial charge is 0.355 e. The molecule has 1 fully saturated rings. The molecule has 1 N–H and O–H groups in total. The average Bonchev–Trinajstić information content (AvgIpc) is 3.01. The minimum absolute atomic E-state index is 0.0425. The molecule has 0 saturated carbocycles. The van der Waals surface area contributed by atoms with Crippen LogP contribution in [0, 0.1) is 17.2 Å². The zero-order valence-corrected chi connectivity index (χ0v) is 16.5. The third kappa shape index (κ3) is 3.87. The summed E-state index contributed by atoms with van der Waals surface area (Å²) in [6.07, 6.45) is 1.59. The molecule has 2 aromatic rings. The molecule has 0 bridgehead atoms. The van der Waals surface area contributed by atoms with E-state index in [1.54, 1.807) is 36.4 Å². The molecular formula is C21H20N4O3S. The fraction of sp³-hybridized carbons (Fsp3) is 0.286. The van der Waals surface area contributed by atoms with Crippen molar-refractivity contribution in [3.05, 3.63) is 59.7 Å². The van der Waals surface area contributed by atoms with Crippen LogP contribution in [0.25, 0.3) is 0 Å². The number of amides is 1. The maximum atomic E-state index is 12.6. The minimum atomic E-state index is -3.64. The number of nitrogens with one attached hydrogen (secondary N) is 1. The Morgan fingerprint density at radius 1 is 1.14 bits per heavy atom. The topological polar surface area (TPSA) is 103 Å². The molecule has 0 spiro atoms. The van der Waals surface area contributed by atoms with E-state index in [9.17, 15) is 13.2 Å². The molecule has 0 radical (unpaired) electrons. The molecule has 2 heterocycles. The summed E-state index contributed by atoms with van der Waals surface area (Å²) < 4.78 is 28.5. The van der Waals surface area contributed by atoms with Gasteiger partial charge in [0.2, 0.25) is 5.91 Å². The number of rotatable bonds is 3. The molecule has 0 aliphatic carbocycles. The predicted molar refractivity (Wildman–Crippen MR) is 109 cm³/mol. The van der Waals surface area contributed by atoms with Gasteiger partial charge in [0.1, 0.15) is 4.90 Å². The Labute approximate surface area is 169 Å². The van der Waals surface area contributed by atoms with Crippen molar-refractivity contribution < 1.29 is 13.2 Å². The van der Waals surface area contributed by atoms with Crippen molar-refractivity contribution in [2.24, 2.45) is 10.3 Å². The van der Waals surface area contributed by atoms with Crippen LogP contribution in [0.4, 0.5) is 5.69 Å². The van der Waals surface area contributed by atoms with Gasteiger partial charge in [-0.3, -0.25) is 4.79 Å². The molecule has 0 atom stereocenters. The smallest absolute Gasteiger partial charge is 0.285 e. The highest BCUT2D eigenvalue weighted by Gasteiger charge is 2.34. The van der Waals surface area contributed by atoms with Crippen LogP contribution in [0.3, 0.4) is 0 Å². The summed E-state index contributed by atoms with van der Waals surface area (Å²) in [5.74, 6) is 0.297. The molecule has 1 saturated heterocycles. The molecule has 7 nitrogen and oxygen atoms in total. The molecule has 2 aliphatic rings. The Morgan fingerprint density at radius 2 is 1.83 bits per heavy atom. The van der Waals surface area contributed by atoms with Gasteiger partial charge in [-0.2, -0.15) is 13.7 Å². The van der Waals surface area contributed by atoms with Crippen LogP contribution in [0.5, 0.6) is 0 Å².